The Bertz CT molecular complexity index is 201. The number of ether oxygens (including phenoxy) is 2. The van der Waals surface area contributed by atoms with E-state index in [2.05, 4.69) is 12.2 Å². The molecule has 1 rings (SSSR count). The Morgan fingerprint density at radius 2 is 2.12 bits per heavy atom. The van der Waals surface area contributed by atoms with Gasteiger partial charge in [-0.05, 0) is 25.8 Å². The maximum atomic E-state index is 11.7. The molecule has 1 aliphatic heterocycles. The minimum atomic E-state index is -0.119. The lowest BCUT2D eigenvalue weighted by molar-refractivity contribution is -0.147. The smallest absolute Gasteiger partial charge is 0.323 e. The summed E-state index contributed by atoms with van der Waals surface area (Å²) >= 11 is 0. The quantitative estimate of drug-likeness (QED) is 0.548. The molecular formula is C13H25NO3. The van der Waals surface area contributed by atoms with E-state index in [0.29, 0.717) is 13.2 Å². The normalized spacial score (nSPS) is 20.9. The second kappa shape index (κ2) is 9.42. The van der Waals surface area contributed by atoms with Crippen LogP contribution in [0.15, 0.2) is 0 Å². The van der Waals surface area contributed by atoms with E-state index in [9.17, 15) is 4.79 Å². The van der Waals surface area contributed by atoms with Gasteiger partial charge < -0.3 is 14.8 Å². The largest absolute Gasteiger partial charge is 0.462 e. The Balaban J connectivity index is 2.03. The van der Waals surface area contributed by atoms with Crippen molar-refractivity contribution >= 4 is 5.97 Å². The molecule has 0 aromatic carbocycles. The lowest BCUT2D eigenvalue weighted by Crippen LogP contribution is -2.37. The number of unbranched alkanes of at least 4 members (excludes halogenated alkanes) is 1. The molecule has 1 N–H and O–H groups in total. The van der Waals surface area contributed by atoms with E-state index in [0.717, 1.165) is 45.3 Å². The van der Waals surface area contributed by atoms with Crippen molar-refractivity contribution in [2.75, 3.05) is 26.4 Å². The fraction of sp³-hybridized carbons (Fsp3) is 0.923. The van der Waals surface area contributed by atoms with Crippen molar-refractivity contribution in [3.63, 3.8) is 0 Å². The van der Waals surface area contributed by atoms with Gasteiger partial charge in [-0.25, -0.2) is 0 Å². The van der Waals surface area contributed by atoms with Gasteiger partial charge in [0.25, 0.3) is 0 Å². The molecule has 0 saturated carbocycles. The number of esters is 1. The molecule has 17 heavy (non-hydrogen) atoms. The molecule has 0 spiro atoms. The third-order valence-electron chi connectivity index (χ3n) is 2.96. The Hall–Kier alpha value is -0.610. The molecule has 1 unspecified atom stereocenters. The van der Waals surface area contributed by atoms with Crippen LogP contribution in [0.3, 0.4) is 0 Å². The minimum Gasteiger partial charge on any atom is -0.462 e. The van der Waals surface area contributed by atoms with Gasteiger partial charge in [0.2, 0.25) is 0 Å². The standard InChI is InChI=1S/C13H25NO3/c1-2-3-9-16-10-11-17-13(15)12-7-5-4-6-8-14-12/h12,14H,2-11H2,1H3. The van der Waals surface area contributed by atoms with E-state index in [1.54, 1.807) is 0 Å². The van der Waals surface area contributed by atoms with Crippen LogP contribution in [-0.4, -0.2) is 38.4 Å². The van der Waals surface area contributed by atoms with Gasteiger partial charge in [0.05, 0.1) is 6.61 Å². The molecule has 100 valence electrons. The van der Waals surface area contributed by atoms with Gasteiger partial charge in [0.1, 0.15) is 12.6 Å². The van der Waals surface area contributed by atoms with Gasteiger partial charge in [-0.3, -0.25) is 4.79 Å². The van der Waals surface area contributed by atoms with Crippen molar-refractivity contribution < 1.29 is 14.3 Å². The van der Waals surface area contributed by atoms with Crippen LogP contribution in [0.5, 0.6) is 0 Å². The van der Waals surface area contributed by atoms with E-state index in [1.165, 1.54) is 6.42 Å². The van der Waals surface area contributed by atoms with Gasteiger partial charge in [-0.15, -0.1) is 0 Å². The number of nitrogens with one attached hydrogen (secondary N) is 1. The highest BCUT2D eigenvalue weighted by Gasteiger charge is 2.20. The van der Waals surface area contributed by atoms with Crippen molar-refractivity contribution in [1.29, 1.82) is 0 Å². The molecule has 4 nitrogen and oxygen atoms in total. The highest BCUT2D eigenvalue weighted by atomic mass is 16.6. The molecule has 0 aromatic heterocycles. The first kappa shape index (κ1) is 14.5. The highest BCUT2D eigenvalue weighted by molar-refractivity contribution is 5.75. The van der Waals surface area contributed by atoms with Crippen LogP contribution in [0.4, 0.5) is 0 Å². The van der Waals surface area contributed by atoms with Gasteiger partial charge in [-0.2, -0.15) is 0 Å². The van der Waals surface area contributed by atoms with Gasteiger partial charge >= 0.3 is 5.97 Å². The summed E-state index contributed by atoms with van der Waals surface area (Å²) in [4.78, 5) is 11.7. The molecule has 1 atom stereocenters. The van der Waals surface area contributed by atoms with Crippen LogP contribution in [0, 0.1) is 0 Å². The second-order valence-electron chi connectivity index (χ2n) is 4.49. The van der Waals surface area contributed by atoms with Crippen LogP contribution in [0.25, 0.3) is 0 Å². The van der Waals surface area contributed by atoms with E-state index in [-0.39, 0.29) is 12.0 Å². The number of carbonyl (C=O) groups excluding carboxylic acids is 1. The van der Waals surface area contributed by atoms with Crippen LogP contribution in [-0.2, 0) is 14.3 Å². The summed E-state index contributed by atoms with van der Waals surface area (Å²) in [5.74, 6) is -0.119. The summed E-state index contributed by atoms with van der Waals surface area (Å²) in [6, 6.07) is -0.104. The zero-order valence-corrected chi connectivity index (χ0v) is 10.9. The lowest BCUT2D eigenvalue weighted by Gasteiger charge is -2.14. The number of hydrogen-bond acceptors (Lipinski definition) is 4. The average molecular weight is 243 g/mol. The summed E-state index contributed by atoms with van der Waals surface area (Å²) < 4.78 is 10.5. The maximum Gasteiger partial charge on any atom is 0.323 e. The monoisotopic (exact) mass is 243 g/mol. The summed E-state index contributed by atoms with van der Waals surface area (Å²) in [6.07, 6.45) is 6.57. The first-order chi connectivity index (χ1) is 8.34. The zero-order valence-electron chi connectivity index (χ0n) is 10.9. The Labute approximate surface area is 104 Å². The van der Waals surface area contributed by atoms with Gasteiger partial charge in [-0.1, -0.05) is 26.2 Å². The fourth-order valence-electron chi connectivity index (χ4n) is 1.88. The van der Waals surface area contributed by atoms with E-state index < -0.39 is 0 Å². The molecule has 1 aliphatic rings. The molecule has 0 radical (unpaired) electrons. The fourth-order valence-corrected chi connectivity index (χ4v) is 1.88. The number of hydrogen-bond donors (Lipinski definition) is 1. The van der Waals surface area contributed by atoms with Crippen molar-refractivity contribution in [3.05, 3.63) is 0 Å². The lowest BCUT2D eigenvalue weighted by atomic mass is 10.1. The van der Waals surface area contributed by atoms with Gasteiger partial charge in [0, 0.05) is 6.61 Å². The summed E-state index contributed by atoms with van der Waals surface area (Å²) in [5, 5.41) is 3.23. The Kier molecular flexibility index (Phi) is 8.01. The van der Waals surface area contributed by atoms with Crippen molar-refractivity contribution in [2.24, 2.45) is 0 Å². The predicted molar refractivity (Wildman–Crippen MR) is 66.9 cm³/mol. The molecule has 0 amide bonds. The van der Waals surface area contributed by atoms with Crippen molar-refractivity contribution in [2.45, 2.75) is 51.5 Å². The number of carbonyl (C=O) groups is 1. The molecule has 0 aliphatic carbocycles. The minimum absolute atomic E-state index is 0.104. The molecule has 1 fully saturated rings. The number of rotatable bonds is 7. The predicted octanol–water partition coefficient (Wildman–Crippen LogP) is 1.88. The van der Waals surface area contributed by atoms with Crippen LogP contribution >= 0.6 is 0 Å². The zero-order chi connectivity index (χ0) is 12.3. The van der Waals surface area contributed by atoms with Crippen LogP contribution in [0.2, 0.25) is 0 Å². The van der Waals surface area contributed by atoms with Crippen LogP contribution in [0.1, 0.15) is 45.4 Å². The molecule has 0 aromatic rings. The Morgan fingerprint density at radius 3 is 2.94 bits per heavy atom. The molecule has 4 heteroatoms. The van der Waals surface area contributed by atoms with Crippen LogP contribution < -0.4 is 5.32 Å². The Morgan fingerprint density at radius 1 is 1.24 bits per heavy atom. The molecule has 0 bridgehead atoms. The molecule has 1 heterocycles. The summed E-state index contributed by atoms with van der Waals surface area (Å²) in [7, 11) is 0. The SMILES string of the molecule is CCCCOCCOC(=O)C1CCCCCN1. The van der Waals surface area contributed by atoms with E-state index in [4.69, 9.17) is 9.47 Å². The van der Waals surface area contributed by atoms with Crippen molar-refractivity contribution in [1.82, 2.24) is 5.32 Å². The average Bonchev–Trinajstić information content (AvgIpc) is 2.62. The van der Waals surface area contributed by atoms with Crippen molar-refractivity contribution in [3.8, 4) is 0 Å². The second-order valence-corrected chi connectivity index (χ2v) is 4.49. The van der Waals surface area contributed by atoms with E-state index >= 15 is 0 Å². The summed E-state index contributed by atoms with van der Waals surface area (Å²) in [6.45, 7) is 4.70. The summed E-state index contributed by atoms with van der Waals surface area (Å²) in [5.41, 5.74) is 0. The third-order valence-corrected chi connectivity index (χ3v) is 2.96. The molecular weight excluding hydrogens is 218 g/mol. The van der Waals surface area contributed by atoms with E-state index in [1.807, 2.05) is 0 Å². The molecule has 1 saturated heterocycles. The highest BCUT2D eigenvalue weighted by Crippen LogP contribution is 2.09. The first-order valence-corrected chi connectivity index (χ1v) is 6.82. The topological polar surface area (TPSA) is 47.6 Å². The first-order valence-electron chi connectivity index (χ1n) is 6.82. The van der Waals surface area contributed by atoms with Gasteiger partial charge in [0.15, 0.2) is 0 Å². The third kappa shape index (κ3) is 6.64. The maximum absolute atomic E-state index is 11.7.